The van der Waals surface area contributed by atoms with Crippen molar-refractivity contribution >= 4 is 103 Å². The predicted molar refractivity (Wildman–Crippen MR) is 343 cm³/mol. The molecule has 15 N–H and O–H groups in total. The van der Waals surface area contributed by atoms with Gasteiger partial charge in [0.25, 0.3) is 20.8 Å². The van der Waals surface area contributed by atoms with E-state index in [4.69, 9.17) is 9.84 Å². The molecule has 0 radical (unpaired) electrons. The van der Waals surface area contributed by atoms with Gasteiger partial charge in [0, 0.05) is 103 Å². The number of ether oxygens (including phenoxy) is 1. The van der Waals surface area contributed by atoms with E-state index in [0.717, 1.165) is 0 Å². The van der Waals surface area contributed by atoms with Gasteiger partial charge in [0.15, 0.2) is 0 Å². The van der Waals surface area contributed by atoms with E-state index in [1.807, 2.05) is 52.2 Å². The van der Waals surface area contributed by atoms with Crippen LogP contribution in [0.4, 0.5) is 8.90 Å². The summed E-state index contributed by atoms with van der Waals surface area (Å²) in [6.45, 7) is 10.3. The van der Waals surface area contributed by atoms with Crippen LogP contribution in [0.3, 0.4) is 0 Å². The summed E-state index contributed by atoms with van der Waals surface area (Å²) < 4.78 is 22.1. The Labute approximate surface area is 560 Å². The maximum Gasteiger partial charge on any atom is 0.326 e. The van der Waals surface area contributed by atoms with E-state index in [2.05, 4.69) is 31.9 Å². The highest BCUT2D eigenvalue weighted by molar-refractivity contribution is 6.90. The number of unbranched alkanes of at least 4 members (excludes halogenated alkanes) is 1. The SMILES string of the molecule is CC(C)(C)[Si](F)(c1ccc(C(=O)NCC(NC(=O)CN2CCN(COC=O)CCN(CC(=O)O)CCN(CC(=O)O)CC2)C(=O)N[C@H](CCCCNC(=O)CCC(=O)NCCC[C@@H](NC(=O)CC[C@H](NC(=O)N[C@@H](CCC(=O)O)C(=O)O)C(=O)O)C(=O)O)C(=O)O)cc1)C(C)(C)C. The minimum Gasteiger partial charge on any atom is -0.481 e. The molecule has 5 atom stereocenters. The van der Waals surface area contributed by atoms with Crippen molar-refractivity contribution in [3.05, 3.63) is 29.8 Å². The van der Waals surface area contributed by atoms with Crippen LogP contribution in [0.15, 0.2) is 24.3 Å². The fourth-order valence-electron chi connectivity index (χ4n) is 10.6. The van der Waals surface area contributed by atoms with Crippen LogP contribution in [0.2, 0.25) is 10.1 Å². The van der Waals surface area contributed by atoms with Crippen LogP contribution in [0, 0.1) is 0 Å². The Morgan fingerprint density at radius 2 is 0.887 bits per heavy atom. The summed E-state index contributed by atoms with van der Waals surface area (Å²) in [5, 5.41) is 84.4. The summed E-state index contributed by atoms with van der Waals surface area (Å²) in [5.74, 6) is -14.3. The summed E-state index contributed by atoms with van der Waals surface area (Å²) >= 11 is 0. The molecule has 544 valence electrons. The van der Waals surface area contributed by atoms with Gasteiger partial charge in [-0.2, -0.15) is 0 Å². The largest absolute Gasteiger partial charge is 0.481 e. The lowest BCUT2D eigenvalue weighted by atomic mass is 10.1. The smallest absolute Gasteiger partial charge is 0.326 e. The number of nitrogens with zero attached hydrogens (tertiary/aromatic N) is 4. The monoisotopic (exact) mass is 1400 g/mol. The number of carbonyl (C=O) groups is 15. The van der Waals surface area contributed by atoms with Gasteiger partial charge in [-0.15, -0.1) is 0 Å². The highest BCUT2D eigenvalue weighted by atomic mass is 28.4. The fourth-order valence-corrected chi connectivity index (χ4v) is 15.2. The molecule has 0 bridgehead atoms. The Hall–Kier alpha value is -8.94. The number of urea groups is 1. The average molecular weight is 1400 g/mol. The molecule has 0 aromatic heterocycles. The first-order valence-corrected chi connectivity index (χ1v) is 33.3. The van der Waals surface area contributed by atoms with Crippen LogP contribution in [-0.2, 0) is 67.1 Å². The zero-order valence-corrected chi connectivity index (χ0v) is 56.5. The molecule has 0 spiro atoms. The number of hydrogen-bond donors (Lipinski definition) is 15. The van der Waals surface area contributed by atoms with Gasteiger partial charge in [-0.25, -0.2) is 24.0 Å². The number of carboxylic acid groups (broad SMARTS) is 7. The van der Waals surface area contributed by atoms with Crippen molar-refractivity contribution in [3.63, 3.8) is 0 Å². The first kappa shape index (κ1) is 84.1. The summed E-state index contributed by atoms with van der Waals surface area (Å²) in [7, 11) is -3.74. The van der Waals surface area contributed by atoms with Crippen LogP contribution in [0.25, 0.3) is 0 Å². The van der Waals surface area contributed by atoms with Gasteiger partial charge in [-0.05, 0) is 72.3 Å². The zero-order valence-electron chi connectivity index (χ0n) is 55.5. The van der Waals surface area contributed by atoms with E-state index in [1.54, 1.807) is 31.7 Å². The number of halogens is 1. The second kappa shape index (κ2) is 41.9. The summed E-state index contributed by atoms with van der Waals surface area (Å²) in [4.78, 5) is 192. The minimum atomic E-state index is -3.74. The number of amides is 8. The Morgan fingerprint density at radius 3 is 1.33 bits per heavy atom. The third-order valence-electron chi connectivity index (χ3n) is 15.6. The second-order valence-electron chi connectivity index (χ2n) is 25.3. The molecule has 8 amide bonds. The molecule has 0 aliphatic carbocycles. The first-order chi connectivity index (χ1) is 45.4. The fraction of sp³-hybridized carbons (Fsp3) is 0.650. The van der Waals surface area contributed by atoms with Crippen molar-refractivity contribution in [2.75, 3.05) is 98.4 Å². The van der Waals surface area contributed by atoms with Crippen LogP contribution in [-0.4, -0.2) is 282 Å². The van der Waals surface area contributed by atoms with E-state index in [1.165, 1.54) is 12.1 Å². The molecule has 97 heavy (non-hydrogen) atoms. The molecule has 2 rings (SSSR count). The van der Waals surface area contributed by atoms with Gasteiger partial charge in [-0.3, -0.25) is 67.5 Å². The van der Waals surface area contributed by atoms with E-state index in [9.17, 15) is 103 Å². The van der Waals surface area contributed by atoms with Gasteiger partial charge in [0.2, 0.25) is 29.5 Å². The van der Waals surface area contributed by atoms with Crippen LogP contribution < -0.4 is 47.7 Å². The minimum absolute atomic E-state index is 0.0114. The van der Waals surface area contributed by atoms with Crippen LogP contribution in [0.1, 0.15) is 123 Å². The van der Waals surface area contributed by atoms with E-state index in [-0.39, 0.29) is 136 Å². The number of carbonyl (C=O) groups excluding carboxylic acids is 8. The Bertz CT molecular complexity index is 2870. The van der Waals surface area contributed by atoms with Crippen molar-refractivity contribution in [3.8, 4) is 0 Å². The lowest BCUT2D eigenvalue weighted by Crippen LogP contribution is -2.58. The van der Waals surface area contributed by atoms with Gasteiger partial charge in [0.1, 0.15) is 36.9 Å². The van der Waals surface area contributed by atoms with Crippen LogP contribution in [0.5, 0.6) is 0 Å². The number of benzene rings is 1. The Kier molecular flexibility index (Phi) is 36.3. The van der Waals surface area contributed by atoms with Gasteiger partial charge in [0.05, 0.1) is 19.6 Å². The normalized spacial score (nSPS) is 15.5. The van der Waals surface area contributed by atoms with Gasteiger partial charge < -0.3 is 87.1 Å². The first-order valence-electron chi connectivity index (χ1n) is 31.5. The molecular weight excluding hydrogens is 1300 g/mol. The molecule has 0 saturated carbocycles. The van der Waals surface area contributed by atoms with Crippen molar-refractivity contribution in [2.24, 2.45) is 0 Å². The summed E-state index contributed by atoms with van der Waals surface area (Å²) in [5.41, 5.74) is 0.0868. The van der Waals surface area contributed by atoms with Crippen molar-refractivity contribution in [1.29, 1.82) is 0 Å². The van der Waals surface area contributed by atoms with E-state index < -0.39 is 177 Å². The molecule has 1 fully saturated rings. The lowest BCUT2D eigenvalue weighted by molar-refractivity contribution is -0.143. The highest BCUT2D eigenvalue weighted by Crippen LogP contribution is 2.51. The molecule has 1 aliphatic heterocycles. The molecule has 1 unspecified atom stereocenters. The van der Waals surface area contributed by atoms with Gasteiger partial charge in [-0.1, -0.05) is 53.7 Å². The summed E-state index contributed by atoms with van der Waals surface area (Å²) in [6.07, 6.45) is -2.97. The average Bonchev–Trinajstić information content (AvgIpc) is 0.749. The number of aliphatic carboxylic acids is 7. The number of carboxylic acids is 7. The van der Waals surface area contributed by atoms with E-state index >= 15 is 4.11 Å². The predicted octanol–water partition coefficient (Wildman–Crippen LogP) is -1.90. The molecule has 1 aromatic carbocycles. The topological polar surface area (TPSA) is 516 Å². The molecular formula is C60H95FN12O23Si. The molecule has 1 aliphatic rings. The number of hydrogen-bond acceptors (Lipinski definition) is 20. The quantitative estimate of drug-likeness (QED) is 0.0147. The second-order valence-corrected chi connectivity index (χ2v) is 30.2. The number of rotatable bonds is 41. The van der Waals surface area contributed by atoms with Gasteiger partial charge >= 0.3 is 47.8 Å². The molecule has 37 heteroatoms. The maximum absolute atomic E-state index is 17.1. The Morgan fingerprint density at radius 1 is 0.474 bits per heavy atom. The highest BCUT2D eigenvalue weighted by Gasteiger charge is 2.56. The molecule has 1 heterocycles. The maximum atomic E-state index is 17.1. The van der Waals surface area contributed by atoms with Crippen molar-refractivity contribution in [2.45, 2.75) is 152 Å². The molecule has 35 nitrogen and oxygen atoms in total. The molecule has 1 aromatic rings. The standard InChI is InChI=1S/C60H95FN12O23Si/c1-59(2,3)97(61,60(4,5)6)39-14-12-38(13-15-39)52(85)64-32-44(66-48(78)33-70-24-25-71(34-50(81)82)26-27-72(35-51(83)84)29-31-73(30-28-70)36-96-37-74)53(86)67-41(55(89)90)10-7-8-22-62-45(75)19-20-46(76)63-23-9-11-40(54(87)88)65-47(77)18-16-42(56(91)92)68-58(95)69-43(57(93)94)17-21-49(79)80/h12-15,37,40-44H,7-11,16-36H2,1-6H3,(H,62,75)(H,63,76)(H,64,85)(H,65,77)(H,66,78)(H,67,86)(H,79,80)(H,81,82)(H,83,84)(H,87,88)(H,89,90)(H,91,92)(H,93,94)(H2,68,69,95)/t40-,41-,42+,43+,44?/m1/s1. The Balaban J connectivity index is 2.10. The lowest BCUT2D eigenvalue weighted by Gasteiger charge is -2.44. The van der Waals surface area contributed by atoms with Crippen LogP contribution >= 0.6 is 0 Å². The third kappa shape index (κ3) is 32.1. The molecule has 1 saturated heterocycles. The van der Waals surface area contributed by atoms with Crippen molar-refractivity contribution in [1.82, 2.24) is 62.1 Å². The van der Waals surface area contributed by atoms with Crippen molar-refractivity contribution < 1.29 is 117 Å². The third-order valence-corrected chi connectivity index (χ3v) is 20.9. The zero-order chi connectivity index (χ0) is 73.2. The van der Waals surface area contributed by atoms with E-state index in [0.29, 0.717) is 5.19 Å². The number of nitrogens with one attached hydrogen (secondary N) is 8. The summed E-state index contributed by atoms with van der Waals surface area (Å²) in [6, 6.07) is -3.36.